The van der Waals surface area contributed by atoms with Crippen molar-refractivity contribution in [1.29, 1.82) is 0 Å². The maximum atomic E-state index is 12.1. The summed E-state index contributed by atoms with van der Waals surface area (Å²) >= 11 is 0. The zero-order valence-corrected chi connectivity index (χ0v) is 15.6. The maximum absolute atomic E-state index is 12.1. The normalized spacial score (nSPS) is 16.1. The fourth-order valence-corrected chi connectivity index (χ4v) is 3.65. The van der Waals surface area contributed by atoms with Gasteiger partial charge in [-0.25, -0.2) is 9.78 Å². The molecule has 0 saturated carbocycles. The number of benzene rings is 2. The van der Waals surface area contributed by atoms with Crippen molar-refractivity contribution in [2.75, 3.05) is 23.7 Å². The maximum Gasteiger partial charge on any atom is 0.348 e. The van der Waals surface area contributed by atoms with Gasteiger partial charge in [0.05, 0.1) is 0 Å². The summed E-state index contributed by atoms with van der Waals surface area (Å²) in [6, 6.07) is 15.4. The summed E-state index contributed by atoms with van der Waals surface area (Å²) in [6.07, 6.45) is 0.691. The molecule has 3 aromatic rings. The van der Waals surface area contributed by atoms with Crippen molar-refractivity contribution in [1.82, 2.24) is 9.97 Å². The van der Waals surface area contributed by atoms with Crippen LogP contribution in [0.25, 0.3) is 10.8 Å². The fourth-order valence-electron chi connectivity index (χ4n) is 3.65. The molecule has 0 aliphatic carbocycles. The molecule has 1 aliphatic heterocycles. The Morgan fingerprint density at radius 1 is 1.11 bits per heavy atom. The average molecular weight is 378 g/mol. The summed E-state index contributed by atoms with van der Waals surface area (Å²) in [5.41, 5.74) is 5.27. The van der Waals surface area contributed by atoms with Crippen LogP contribution in [0.5, 0.6) is 5.75 Å². The molecule has 0 spiro atoms. The summed E-state index contributed by atoms with van der Waals surface area (Å²) in [6.45, 7) is 2.88. The van der Waals surface area contributed by atoms with Crippen molar-refractivity contribution in [3.8, 4) is 5.75 Å². The van der Waals surface area contributed by atoms with Gasteiger partial charge in [0.2, 0.25) is 11.5 Å². The van der Waals surface area contributed by atoms with E-state index in [0.29, 0.717) is 31.7 Å². The molecule has 2 aromatic carbocycles. The number of aryl methyl sites for hydroxylation is 1. The Bertz CT molecular complexity index is 1010. The number of fused-ring (bicyclic) bond motifs is 1. The molecule has 7 nitrogen and oxygen atoms in total. The quantitative estimate of drug-likeness (QED) is 0.719. The van der Waals surface area contributed by atoms with Crippen LogP contribution >= 0.6 is 0 Å². The molecule has 7 heteroatoms. The van der Waals surface area contributed by atoms with E-state index >= 15 is 0 Å². The number of carboxylic acid groups (broad SMARTS) is 1. The predicted octanol–water partition coefficient (Wildman–Crippen LogP) is 3.02. The van der Waals surface area contributed by atoms with E-state index in [1.807, 2.05) is 60.4 Å². The number of ether oxygens (including phenoxy) is 1. The first-order valence-corrected chi connectivity index (χ1v) is 9.22. The number of hydrogen-bond acceptors (Lipinski definition) is 6. The lowest BCUT2D eigenvalue weighted by Gasteiger charge is -2.39. The summed E-state index contributed by atoms with van der Waals surface area (Å²) in [5.74, 6) is 0.558. The van der Waals surface area contributed by atoms with Crippen LogP contribution in [0.2, 0.25) is 0 Å². The molecule has 0 radical (unpaired) electrons. The molecule has 0 unspecified atom stereocenters. The van der Waals surface area contributed by atoms with E-state index in [1.165, 1.54) is 0 Å². The van der Waals surface area contributed by atoms with Crippen molar-refractivity contribution in [2.45, 2.75) is 25.4 Å². The van der Waals surface area contributed by atoms with E-state index in [9.17, 15) is 9.90 Å². The second-order valence-electron chi connectivity index (χ2n) is 7.12. The van der Waals surface area contributed by atoms with Gasteiger partial charge in [0.1, 0.15) is 11.6 Å². The number of aliphatic carboxylic acids is 1. The van der Waals surface area contributed by atoms with Gasteiger partial charge in [-0.05, 0) is 29.8 Å². The van der Waals surface area contributed by atoms with E-state index in [0.717, 1.165) is 22.3 Å². The second kappa shape index (κ2) is 6.99. The highest BCUT2D eigenvalue weighted by atomic mass is 16.5. The molecule has 0 atom stereocenters. The molecular weight excluding hydrogens is 356 g/mol. The van der Waals surface area contributed by atoms with E-state index in [2.05, 4.69) is 9.97 Å². The highest BCUT2D eigenvalue weighted by molar-refractivity contribution is 5.84. The third kappa shape index (κ3) is 3.43. The molecule has 1 saturated heterocycles. The fraction of sp³-hybridized carbons (Fsp3) is 0.286. The number of carbonyl (C=O) groups is 1. The lowest BCUT2D eigenvalue weighted by molar-refractivity contribution is -0.157. The molecule has 1 aromatic heterocycles. The molecule has 3 N–H and O–H groups in total. The Morgan fingerprint density at radius 3 is 2.50 bits per heavy atom. The minimum absolute atomic E-state index is 0.220. The molecule has 144 valence electrons. The monoisotopic (exact) mass is 378 g/mol. The van der Waals surface area contributed by atoms with Crippen LogP contribution in [-0.2, 0) is 4.79 Å². The lowest BCUT2D eigenvalue weighted by Crippen LogP contribution is -2.53. The molecule has 0 bridgehead atoms. The Balaban J connectivity index is 1.55. The van der Waals surface area contributed by atoms with Gasteiger partial charge in [-0.1, -0.05) is 30.3 Å². The van der Waals surface area contributed by atoms with Gasteiger partial charge >= 0.3 is 5.97 Å². The lowest BCUT2D eigenvalue weighted by atomic mass is 9.91. The van der Waals surface area contributed by atoms with Crippen molar-refractivity contribution in [3.05, 3.63) is 54.2 Å². The van der Waals surface area contributed by atoms with Crippen LogP contribution in [0.4, 0.5) is 11.8 Å². The number of aromatic nitrogens is 2. The summed E-state index contributed by atoms with van der Waals surface area (Å²) in [7, 11) is 0. The van der Waals surface area contributed by atoms with Gasteiger partial charge < -0.3 is 20.5 Å². The van der Waals surface area contributed by atoms with Crippen LogP contribution in [0.1, 0.15) is 18.5 Å². The number of nitrogens with two attached hydrogens (primary N) is 1. The van der Waals surface area contributed by atoms with E-state index in [1.54, 1.807) is 0 Å². The van der Waals surface area contributed by atoms with Crippen molar-refractivity contribution < 1.29 is 14.6 Å². The standard InChI is InChI=1S/C21H22N4O3/c1-14-12-18(24-20(22)23-14)25-10-8-21(9-11-25,19(26)27)28-17-7-6-15-4-2-3-5-16(15)13-17/h2-7,12-13H,8-11H2,1H3,(H,26,27)(H2,22,23,24). The number of rotatable bonds is 4. The number of nitrogen functional groups attached to an aromatic ring is 1. The Labute approximate surface area is 162 Å². The SMILES string of the molecule is Cc1cc(N2CCC(Oc3ccc4ccccc4c3)(C(=O)O)CC2)nc(N)n1. The topological polar surface area (TPSA) is 102 Å². The Hall–Kier alpha value is -3.35. The van der Waals surface area contributed by atoms with Crippen LogP contribution in [0, 0.1) is 6.92 Å². The van der Waals surface area contributed by atoms with Gasteiger partial charge in [-0.2, -0.15) is 4.98 Å². The average Bonchev–Trinajstić information content (AvgIpc) is 2.67. The number of carboxylic acids is 1. The molecule has 1 aliphatic rings. The van der Waals surface area contributed by atoms with Gasteiger partial charge in [0.15, 0.2) is 0 Å². The molecule has 28 heavy (non-hydrogen) atoms. The number of hydrogen-bond donors (Lipinski definition) is 2. The first-order valence-electron chi connectivity index (χ1n) is 9.22. The first-order chi connectivity index (χ1) is 13.4. The third-order valence-electron chi connectivity index (χ3n) is 5.18. The van der Waals surface area contributed by atoms with Gasteiger partial charge in [0.25, 0.3) is 0 Å². The predicted molar refractivity (Wildman–Crippen MR) is 108 cm³/mol. The molecule has 0 amide bonds. The molecule has 1 fully saturated rings. The molecule has 2 heterocycles. The van der Waals surface area contributed by atoms with E-state index < -0.39 is 11.6 Å². The third-order valence-corrected chi connectivity index (χ3v) is 5.18. The van der Waals surface area contributed by atoms with Crippen LogP contribution < -0.4 is 15.4 Å². The summed E-state index contributed by atoms with van der Waals surface area (Å²) in [5, 5.41) is 12.0. The highest BCUT2D eigenvalue weighted by Crippen LogP contribution is 2.32. The van der Waals surface area contributed by atoms with Gasteiger partial charge in [-0.15, -0.1) is 0 Å². The summed E-state index contributed by atoms with van der Waals surface area (Å²) < 4.78 is 6.06. The Morgan fingerprint density at radius 2 is 1.82 bits per heavy atom. The van der Waals surface area contributed by atoms with E-state index in [4.69, 9.17) is 10.5 Å². The number of nitrogens with zero attached hydrogens (tertiary/aromatic N) is 3. The van der Waals surface area contributed by atoms with Crippen molar-refractivity contribution in [3.63, 3.8) is 0 Å². The highest BCUT2D eigenvalue weighted by Gasteiger charge is 2.44. The zero-order chi connectivity index (χ0) is 19.7. The first kappa shape index (κ1) is 18.0. The van der Waals surface area contributed by atoms with Gasteiger partial charge in [0, 0.05) is 37.7 Å². The molecule has 4 rings (SSSR count). The van der Waals surface area contributed by atoms with Crippen LogP contribution in [-0.4, -0.2) is 39.7 Å². The molecular formula is C21H22N4O3. The van der Waals surface area contributed by atoms with Crippen LogP contribution in [0.3, 0.4) is 0 Å². The van der Waals surface area contributed by atoms with Crippen molar-refractivity contribution in [2.24, 2.45) is 0 Å². The minimum atomic E-state index is -1.26. The van der Waals surface area contributed by atoms with Crippen molar-refractivity contribution >= 4 is 28.5 Å². The number of anilines is 2. The van der Waals surface area contributed by atoms with Gasteiger partial charge in [-0.3, -0.25) is 0 Å². The Kier molecular flexibility index (Phi) is 4.50. The summed E-state index contributed by atoms with van der Waals surface area (Å²) in [4.78, 5) is 22.5. The number of piperidine rings is 1. The minimum Gasteiger partial charge on any atom is -0.478 e. The smallest absolute Gasteiger partial charge is 0.348 e. The second-order valence-corrected chi connectivity index (χ2v) is 7.12. The van der Waals surface area contributed by atoms with Crippen LogP contribution in [0.15, 0.2) is 48.5 Å². The largest absolute Gasteiger partial charge is 0.478 e. The van der Waals surface area contributed by atoms with E-state index in [-0.39, 0.29) is 5.95 Å². The zero-order valence-electron chi connectivity index (χ0n) is 15.6.